The highest BCUT2D eigenvalue weighted by Gasteiger charge is 1.87. The standard InChI is InChI=1S/C5H5NOP/c7-8-5-3-1-2-4-6-8/h1-5H/q+1. The van der Waals surface area contributed by atoms with Gasteiger partial charge in [0.1, 0.15) is 0 Å². The van der Waals surface area contributed by atoms with Crippen LogP contribution in [0.4, 0.5) is 0 Å². The number of aromatic nitrogens is 1. The van der Waals surface area contributed by atoms with Crippen LogP contribution in [0.25, 0.3) is 0 Å². The largest absolute Gasteiger partial charge is 0.517 e. The maximum Gasteiger partial charge on any atom is 0.517 e. The van der Waals surface area contributed by atoms with Crippen LogP contribution in [0.15, 0.2) is 30.2 Å². The molecule has 0 fully saturated rings. The summed E-state index contributed by atoms with van der Waals surface area (Å²) in [5.74, 6) is 1.56. The van der Waals surface area contributed by atoms with E-state index in [1.54, 1.807) is 30.2 Å². The van der Waals surface area contributed by atoms with Gasteiger partial charge in [-0.25, -0.2) is 0 Å². The zero-order chi connectivity index (χ0) is 5.82. The molecule has 8 heavy (non-hydrogen) atoms. The van der Waals surface area contributed by atoms with E-state index in [4.69, 9.17) is 0 Å². The van der Waals surface area contributed by atoms with Crippen molar-refractivity contribution in [3.05, 3.63) is 30.2 Å². The summed E-state index contributed by atoms with van der Waals surface area (Å²) in [5, 5.41) is 0. The van der Waals surface area contributed by atoms with Gasteiger partial charge < -0.3 is 0 Å². The molecule has 1 rings (SSSR count). The van der Waals surface area contributed by atoms with Gasteiger partial charge in [0.15, 0.2) is 5.80 Å². The SMILES string of the molecule is O=[p+]1cccccn1. The molecule has 0 aromatic carbocycles. The second-order valence-corrected chi connectivity index (χ2v) is 2.43. The molecule has 0 aliphatic carbocycles. The Morgan fingerprint density at radius 1 is 1.25 bits per heavy atom. The Hall–Kier alpha value is -0.750. The predicted molar refractivity (Wildman–Crippen MR) is 31.8 cm³/mol. The third kappa shape index (κ3) is 1.39. The second kappa shape index (κ2) is 2.53. The van der Waals surface area contributed by atoms with Gasteiger partial charge in [0.25, 0.3) is 0 Å². The van der Waals surface area contributed by atoms with Crippen LogP contribution in [0.3, 0.4) is 0 Å². The van der Waals surface area contributed by atoms with Gasteiger partial charge in [-0.15, -0.1) is 0 Å². The number of hydrogen-bond donors (Lipinski definition) is 0. The van der Waals surface area contributed by atoms with Crippen LogP contribution in [0.1, 0.15) is 0 Å². The van der Waals surface area contributed by atoms with E-state index < -0.39 is 7.57 Å². The average Bonchev–Trinajstić information content (AvgIpc) is 1.94. The lowest BCUT2D eigenvalue weighted by Gasteiger charge is -1.48. The lowest BCUT2D eigenvalue weighted by atomic mass is 10.6. The van der Waals surface area contributed by atoms with Crippen LogP contribution in [-0.2, 0) is 4.57 Å². The first-order valence-corrected chi connectivity index (χ1v) is 3.51. The third-order valence-electron chi connectivity index (χ3n) is 0.702. The van der Waals surface area contributed by atoms with Gasteiger partial charge in [-0.05, 0) is 21.4 Å². The molecule has 2 nitrogen and oxygen atoms in total. The number of nitrogens with zero attached hydrogens (tertiary/aromatic N) is 1. The van der Waals surface area contributed by atoms with Crippen LogP contribution in [-0.4, -0.2) is 4.75 Å². The maximum absolute atomic E-state index is 10.5. The molecule has 0 aliphatic rings. The molecule has 0 saturated carbocycles. The molecule has 0 N–H and O–H groups in total. The van der Waals surface area contributed by atoms with Gasteiger partial charge in [-0.2, -0.15) is 0 Å². The van der Waals surface area contributed by atoms with Gasteiger partial charge in [-0.3, -0.25) is 0 Å². The molecule has 0 saturated heterocycles. The number of hydrogen-bond acceptors (Lipinski definition) is 2. The minimum Gasteiger partial charge on any atom is -0.0566 e. The monoisotopic (exact) mass is 126 g/mol. The minimum atomic E-state index is -1.44. The highest BCUT2D eigenvalue weighted by molar-refractivity contribution is 7.31. The average molecular weight is 126 g/mol. The van der Waals surface area contributed by atoms with Crippen LogP contribution >= 0.6 is 7.57 Å². The van der Waals surface area contributed by atoms with Gasteiger partial charge in [0.2, 0.25) is 0 Å². The fourth-order valence-electron chi connectivity index (χ4n) is 0.380. The lowest BCUT2D eigenvalue weighted by molar-refractivity contribution is 0.597. The molecule has 0 spiro atoms. The van der Waals surface area contributed by atoms with Gasteiger partial charge >= 0.3 is 7.57 Å². The van der Waals surface area contributed by atoms with Crippen LogP contribution in [0, 0.1) is 0 Å². The molecule has 0 bridgehead atoms. The molecule has 40 valence electrons. The van der Waals surface area contributed by atoms with Gasteiger partial charge in [-0.1, -0.05) is 6.07 Å². The molecule has 3 heteroatoms. The van der Waals surface area contributed by atoms with Gasteiger partial charge in [0.05, 0.1) is 6.20 Å². The molecule has 1 aromatic rings. The van der Waals surface area contributed by atoms with E-state index in [-0.39, 0.29) is 0 Å². The summed E-state index contributed by atoms with van der Waals surface area (Å²) in [7, 11) is -1.44. The smallest absolute Gasteiger partial charge is 0.0566 e. The van der Waals surface area contributed by atoms with Crippen molar-refractivity contribution in [3.8, 4) is 0 Å². The fourth-order valence-corrected chi connectivity index (χ4v) is 0.912. The molecular formula is C5H5NOP+. The van der Waals surface area contributed by atoms with Crippen LogP contribution in [0.2, 0.25) is 0 Å². The topological polar surface area (TPSA) is 30.0 Å². The van der Waals surface area contributed by atoms with Crippen molar-refractivity contribution in [2.75, 3.05) is 0 Å². The molecule has 0 amide bonds. The summed E-state index contributed by atoms with van der Waals surface area (Å²) < 4.78 is 14.1. The normalized spacial score (nSPS) is 10.8. The summed E-state index contributed by atoms with van der Waals surface area (Å²) in [6.07, 6.45) is 1.54. The summed E-state index contributed by atoms with van der Waals surface area (Å²) in [4.78, 5) is 0. The van der Waals surface area contributed by atoms with Crippen LogP contribution < -0.4 is 0 Å². The van der Waals surface area contributed by atoms with E-state index in [9.17, 15) is 4.57 Å². The molecule has 0 aliphatic heterocycles. The Kier molecular flexibility index (Phi) is 1.70. The first-order valence-electron chi connectivity index (χ1n) is 2.23. The summed E-state index contributed by atoms with van der Waals surface area (Å²) >= 11 is 0. The third-order valence-corrected chi connectivity index (χ3v) is 1.49. The van der Waals surface area contributed by atoms with Crippen molar-refractivity contribution < 1.29 is 4.57 Å². The van der Waals surface area contributed by atoms with Gasteiger partial charge in [0, 0.05) is 0 Å². The van der Waals surface area contributed by atoms with Crippen molar-refractivity contribution in [1.82, 2.24) is 4.75 Å². The Labute approximate surface area is 48.0 Å². The summed E-state index contributed by atoms with van der Waals surface area (Å²) in [5.41, 5.74) is 0. The Bertz CT molecular complexity index is 203. The molecule has 0 radical (unpaired) electrons. The molecule has 1 heterocycles. The maximum atomic E-state index is 10.5. The van der Waals surface area contributed by atoms with Crippen molar-refractivity contribution in [2.24, 2.45) is 0 Å². The van der Waals surface area contributed by atoms with E-state index in [2.05, 4.69) is 4.75 Å². The Balaban J connectivity index is 3.32. The highest BCUT2D eigenvalue weighted by atomic mass is 31.1. The quantitative estimate of drug-likeness (QED) is 0.530. The van der Waals surface area contributed by atoms with Crippen LogP contribution in [0.5, 0.6) is 0 Å². The first-order chi connectivity index (χ1) is 3.89. The van der Waals surface area contributed by atoms with Crippen molar-refractivity contribution >= 4 is 7.57 Å². The van der Waals surface area contributed by atoms with Crippen molar-refractivity contribution in [3.63, 3.8) is 0 Å². The predicted octanol–water partition coefficient (Wildman–Crippen LogP) is 1.82. The first kappa shape index (κ1) is 5.39. The minimum absolute atomic E-state index is 1.44. The van der Waals surface area contributed by atoms with E-state index in [1.807, 2.05) is 0 Å². The zero-order valence-electron chi connectivity index (χ0n) is 4.19. The molecular weight excluding hydrogens is 121 g/mol. The van der Waals surface area contributed by atoms with Crippen molar-refractivity contribution in [1.29, 1.82) is 0 Å². The van der Waals surface area contributed by atoms with E-state index in [1.165, 1.54) is 0 Å². The number of rotatable bonds is 0. The summed E-state index contributed by atoms with van der Waals surface area (Å²) in [6, 6.07) is 5.27. The van der Waals surface area contributed by atoms with E-state index >= 15 is 0 Å². The van der Waals surface area contributed by atoms with Crippen molar-refractivity contribution in [2.45, 2.75) is 0 Å². The highest BCUT2D eigenvalue weighted by Crippen LogP contribution is 2.00. The van der Waals surface area contributed by atoms with E-state index in [0.717, 1.165) is 0 Å². The Morgan fingerprint density at radius 2 is 2.12 bits per heavy atom. The van der Waals surface area contributed by atoms with E-state index in [0.29, 0.717) is 0 Å². The Morgan fingerprint density at radius 3 is 3.00 bits per heavy atom. The second-order valence-electron chi connectivity index (χ2n) is 1.29. The zero-order valence-corrected chi connectivity index (χ0v) is 5.08. The lowest BCUT2D eigenvalue weighted by Crippen LogP contribution is -1.43. The molecule has 1 unspecified atom stereocenters. The molecule has 1 aromatic heterocycles. The molecule has 1 atom stereocenters. The summed E-state index contributed by atoms with van der Waals surface area (Å²) in [6.45, 7) is 0. The fraction of sp³-hybridized carbons (Fsp3) is 0.